The second-order valence-corrected chi connectivity index (χ2v) is 10.1. The molecule has 0 saturated carbocycles. The maximum Gasteiger partial charge on any atom is 0.168 e. The Bertz CT molecular complexity index is 722. The molecule has 2 unspecified atom stereocenters. The Balaban J connectivity index is 2.31. The molecule has 0 aliphatic heterocycles. The minimum Gasteiger partial charge on any atom is -0.386 e. The van der Waals surface area contributed by atoms with Crippen LogP contribution in [0.3, 0.4) is 0 Å². The van der Waals surface area contributed by atoms with Gasteiger partial charge in [0, 0.05) is 5.75 Å². The smallest absolute Gasteiger partial charge is 0.168 e. The van der Waals surface area contributed by atoms with Crippen molar-refractivity contribution in [1.29, 1.82) is 0 Å². The van der Waals surface area contributed by atoms with Gasteiger partial charge in [0.2, 0.25) is 0 Å². The van der Waals surface area contributed by atoms with E-state index in [0.29, 0.717) is 5.56 Å². The number of alkyl halides is 1. The molecule has 1 N–H and O–H groups in total. The summed E-state index contributed by atoms with van der Waals surface area (Å²) in [4.78, 5) is 0. The van der Waals surface area contributed by atoms with Gasteiger partial charge < -0.3 is 5.11 Å². The summed E-state index contributed by atoms with van der Waals surface area (Å²) in [5.74, 6) is -0.0338. The lowest BCUT2D eigenvalue weighted by Gasteiger charge is -2.28. The molecule has 118 valence electrons. The number of hydrogen-bond donors (Lipinski definition) is 1. The van der Waals surface area contributed by atoms with Crippen molar-refractivity contribution in [2.45, 2.75) is 23.6 Å². The Hall–Kier alpha value is -1.17. The van der Waals surface area contributed by atoms with Crippen molar-refractivity contribution in [2.24, 2.45) is 0 Å². The van der Waals surface area contributed by atoms with Gasteiger partial charge in [-0.05, 0) is 23.6 Å². The summed E-state index contributed by atoms with van der Waals surface area (Å²) >= 11 is 3.19. The van der Waals surface area contributed by atoms with E-state index in [2.05, 4.69) is 15.9 Å². The normalized spacial score (nSPS) is 16.0. The third-order valence-corrected chi connectivity index (χ3v) is 7.92. The molecule has 0 bridgehead atoms. The molecule has 0 aromatic heterocycles. The molecule has 0 saturated heterocycles. The molecule has 0 aliphatic rings. The minimum absolute atomic E-state index is 0.0338. The highest BCUT2D eigenvalue weighted by atomic mass is 79.9. The van der Waals surface area contributed by atoms with Crippen LogP contribution in [-0.4, -0.2) is 22.9 Å². The average molecular weight is 383 g/mol. The summed E-state index contributed by atoms with van der Waals surface area (Å²) in [5.41, 5.74) is 2.66. The van der Waals surface area contributed by atoms with E-state index in [1.165, 1.54) is 6.92 Å². The summed E-state index contributed by atoms with van der Waals surface area (Å²) in [6.07, 6.45) is -1.14. The van der Waals surface area contributed by atoms with Gasteiger partial charge in [-0.15, -0.1) is 0 Å². The Morgan fingerprint density at radius 2 is 1.55 bits per heavy atom. The lowest BCUT2D eigenvalue weighted by atomic mass is 10.0. The van der Waals surface area contributed by atoms with Crippen LogP contribution in [0.25, 0.3) is 11.1 Å². The predicted molar refractivity (Wildman–Crippen MR) is 93.6 cm³/mol. The van der Waals surface area contributed by atoms with E-state index in [1.54, 1.807) is 19.1 Å². The zero-order valence-electron chi connectivity index (χ0n) is 12.5. The lowest BCUT2D eigenvalue weighted by Crippen LogP contribution is -2.36. The molecule has 0 heterocycles. The largest absolute Gasteiger partial charge is 0.386 e. The van der Waals surface area contributed by atoms with Crippen molar-refractivity contribution >= 4 is 25.8 Å². The molecule has 2 rings (SSSR count). The van der Waals surface area contributed by atoms with Crippen LogP contribution in [-0.2, 0) is 9.84 Å². The fourth-order valence-corrected chi connectivity index (χ4v) is 4.23. The standard InChI is InChI=1S/C17H19BrO3S/c1-3-22(20,21)17(2,18)16(19)15-11-9-14(10-12-15)13-7-5-4-6-8-13/h4-12,16,19H,3H2,1-2H3. The van der Waals surface area contributed by atoms with Gasteiger partial charge in [-0.1, -0.05) is 77.5 Å². The van der Waals surface area contributed by atoms with Gasteiger partial charge in [-0.2, -0.15) is 0 Å². The van der Waals surface area contributed by atoms with Crippen LogP contribution in [0.5, 0.6) is 0 Å². The molecule has 0 amide bonds. The highest BCUT2D eigenvalue weighted by molar-refractivity contribution is 9.11. The van der Waals surface area contributed by atoms with Crippen LogP contribution >= 0.6 is 15.9 Å². The van der Waals surface area contributed by atoms with Crippen LogP contribution in [0.2, 0.25) is 0 Å². The van der Waals surface area contributed by atoms with E-state index >= 15 is 0 Å². The number of hydrogen-bond acceptors (Lipinski definition) is 3. The highest BCUT2D eigenvalue weighted by Crippen LogP contribution is 2.39. The molecule has 2 aromatic carbocycles. The highest BCUT2D eigenvalue weighted by Gasteiger charge is 2.42. The van der Waals surface area contributed by atoms with Crippen LogP contribution < -0.4 is 0 Å². The van der Waals surface area contributed by atoms with Gasteiger partial charge in [0.05, 0.1) is 0 Å². The number of aliphatic hydroxyl groups excluding tert-OH is 1. The van der Waals surface area contributed by atoms with E-state index in [1.807, 2.05) is 42.5 Å². The molecule has 0 fully saturated rings. The van der Waals surface area contributed by atoms with E-state index in [-0.39, 0.29) is 5.75 Å². The first-order valence-corrected chi connectivity index (χ1v) is 9.49. The predicted octanol–water partition coefficient (Wildman–Crippen LogP) is 3.93. The van der Waals surface area contributed by atoms with Crippen molar-refractivity contribution in [3.05, 3.63) is 60.2 Å². The van der Waals surface area contributed by atoms with Gasteiger partial charge in [0.25, 0.3) is 0 Å². The Kier molecular flexibility index (Phi) is 5.10. The number of rotatable bonds is 5. The number of benzene rings is 2. The SMILES string of the molecule is CCS(=O)(=O)C(C)(Br)C(O)c1ccc(-c2ccccc2)cc1. The Morgan fingerprint density at radius 1 is 1.05 bits per heavy atom. The fourth-order valence-electron chi connectivity index (χ4n) is 2.24. The Labute approximate surface area is 140 Å². The minimum atomic E-state index is -3.44. The maximum atomic E-state index is 12.1. The number of sulfone groups is 1. The maximum absolute atomic E-state index is 12.1. The molecular weight excluding hydrogens is 364 g/mol. The van der Waals surface area contributed by atoms with Crippen molar-refractivity contribution in [1.82, 2.24) is 0 Å². The van der Waals surface area contributed by atoms with Crippen molar-refractivity contribution in [3.63, 3.8) is 0 Å². The van der Waals surface area contributed by atoms with Crippen LogP contribution in [0.4, 0.5) is 0 Å². The topological polar surface area (TPSA) is 54.4 Å². The summed E-state index contributed by atoms with van der Waals surface area (Å²) in [6.45, 7) is 3.06. The van der Waals surface area contributed by atoms with Gasteiger partial charge in [-0.25, -0.2) is 8.42 Å². The summed E-state index contributed by atoms with van der Waals surface area (Å²) in [6, 6.07) is 17.2. The van der Waals surface area contributed by atoms with Gasteiger partial charge in [-0.3, -0.25) is 0 Å². The zero-order valence-corrected chi connectivity index (χ0v) is 14.9. The first kappa shape index (κ1) is 17.2. The third kappa shape index (κ3) is 3.26. The molecule has 2 aromatic rings. The fraction of sp³-hybridized carbons (Fsp3) is 0.294. The number of aliphatic hydroxyl groups is 1. The first-order chi connectivity index (χ1) is 10.3. The molecule has 5 heteroatoms. The Morgan fingerprint density at radius 3 is 2.05 bits per heavy atom. The van der Waals surface area contributed by atoms with Crippen LogP contribution in [0, 0.1) is 0 Å². The van der Waals surface area contributed by atoms with Gasteiger partial charge >= 0.3 is 0 Å². The third-order valence-electron chi connectivity index (χ3n) is 3.81. The summed E-state index contributed by atoms with van der Waals surface area (Å²) in [7, 11) is -3.44. The van der Waals surface area contributed by atoms with Crippen molar-refractivity contribution in [3.8, 4) is 11.1 Å². The monoisotopic (exact) mass is 382 g/mol. The molecule has 0 spiro atoms. The zero-order chi connectivity index (χ0) is 16.4. The summed E-state index contributed by atoms with van der Waals surface area (Å²) in [5, 5.41) is 10.5. The molecule has 22 heavy (non-hydrogen) atoms. The first-order valence-electron chi connectivity index (χ1n) is 7.04. The lowest BCUT2D eigenvalue weighted by molar-refractivity contribution is 0.167. The second kappa shape index (κ2) is 6.52. The van der Waals surface area contributed by atoms with Crippen LogP contribution in [0.1, 0.15) is 25.5 Å². The van der Waals surface area contributed by atoms with E-state index in [4.69, 9.17) is 0 Å². The number of halogens is 1. The van der Waals surface area contributed by atoms with Crippen molar-refractivity contribution < 1.29 is 13.5 Å². The van der Waals surface area contributed by atoms with E-state index < -0.39 is 19.6 Å². The van der Waals surface area contributed by atoms with E-state index in [9.17, 15) is 13.5 Å². The van der Waals surface area contributed by atoms with Crippen LogP contribution in [0.15, 0.2) is 54.6 Å². The molecule has 0 radical (unpaired) electrons. The molecule has 3 nitrogen and oxygen atoms in total. The quantitative estimate of drug-likeness (QED) is 0.796. The van der Waals surface area contributed by atoms with Gasteiger partial charge in [0.1, 0.15) is 6.10 Å². The van der Waals surface area contributed by atoms with Crippen molar-refractivity contribution in [2.75, 3.05) is 5.75 Å². The average Bonchev–Trinajstić information content (AvgIpc) is 2.55. The van der Waals surface area contributed by atoms with Gasteiger partial charge in [0.15, 0.2) is 13.5 Å². The van der Waals surface area contributed by atoms with E-state index in [0.717, 1.165) is 11.1 Å². The second-order valence-electron chi connectivity index (χ2n) is 5.28. The molecule has 2 atom stereocenters. The molecular formula is C17H19BrO3S. The molecule has 0 aliphatic carbocycles. The summed E-state index contributed by atoms with van der Waals surface area (Å²) < 4.78 is 22.8.